The number of anilines is 1. The van der Waals surface area contributed by atoms with Gasteiger partial charge in [0, 0.05) is 25.4 Å². The van der Waals surface area contributed by atoms with Crippen LogP contribution in [-0.4, -0.2) is 34.0 Å². The largest absolute Gasteiger partial charge is 0.481 e. The number of ether oxygens (including phenoxy) is 2. The first kappa shape index (κ1) is 24.9. The maximum absolute atomic E-state index is 12.7. The highest BCUT2D eigenvalue weighted by atomic mass is 19.4. The number of rotatable bonds is 7. The molecule has 3 aromatic rings. The molecule has 0 saturated heterocycles. The van der Waals surface area contributed by atoms with E-state index in [1.807, 2.05) is 0 Å². The lowest BCUT2D eigenvalue weighted by Gasteiger charge is -2.21. The number of nitrogens with zero attached hydrogens (tertiary/aromatic N) is 5. The van der Waals surface area contributed by atoms with Crippen molar-refractivity contribution in [2.75, 3.05) is 11.9 Å². The summed E-state index contributed by atoms with van der Waals surface area (Å²) in [6.07, 6.45) is -4.83. The molecule has 0 aliphatic rings. The van der Waals surface area contributed by atoms with Crippen molar-refractivity contribution in [3.05, 3.63) is 76.1 Å². The number of carbonyl (C=O) groups is 1. The zero-order chi connectivity index (χ0) is 25.8. The molecule has 0 spiro atoms. The van der Waals surface area contributed by atoms with Gasteiger partial charge >= 0.3 is 11.9 Å². The standard InChI is InChI=1S/C22H16F3N5O5/c1-13(21(31)29(2)19-9-8-18(30(32)33)17(11-26)28-19)34-15-4-6-16(7-5-15)35-20-10-3-14(12-27-20)22(23,24)25/h3-10,12-13H,1-2H3. The molecular weight excluding hydrogens is 471 g/mol. The number of carbonyl (C=O) groups excluding carboxylic acids is 1. The van der Waals surface area contributed by atoms with Crippen molar-refractivity contribution >= 4 is 17.4 Å². The van der Waals surface area contributed by atoms with Crippen LogP contribution in [0, 0.1) is 21.4 Å². The Morgan fingerprint density at radius 2 is 1.80 bits per heavy atom. The molecule has 0 bridgehead atoms. The van der Waals surface area contributed by atoms with Gasteiger partial charge in [-0.1, -0.05) is 0 Å². The van der Waals surface area contributed by atoms with E-state index in [9.17, 15) is 28.1 Å². The van der Waals surface area contributed by atoms with Crippen LogP contribution in [0.4, 0.5) is 24.7 Å². The number of aromatic nitrogens is 2. The second-order valence-corrected chi connectivity index (χ2v) is 7.02. The molecule has 1 unspecified atom stereocenters. The fraction of sp³-hybridized carbons (Fsp3) is 0.182. The van der Waals surface area contributed by atoms with Gasteiger partial charge in [0.2, 0.25) is 11.6 Å². The molecule has 0 aliphatic carbocycles. The van der Waals surface area contributed by atoms with Gasteiger partial charge in [-0.05, 0) is 43.3 Å². The van der Waals surface area contributed by atoms with Crippen LogP contribution in [0.25, 0.3) is 0 Å². The Morgan fingerprint density at radius 3 is 2.34 bits per heavy atom. The number of likely N-dealkylation sites (N-methyl/N-ethyl adjacent to an activating group) is 1. The summed E-state index contributed by atoms with van der Waals surface area (Å²) in [6.45, 7) is 1.48. The number of halogens is 3. The van der Waals surface area contributed by atoms with E-state index < -0.39 is 40.1 Å². The first-order valence-electron chi connectivity index (χ1n) is 9.80. The third-order valence-corrected chi connectivity index (χ3v) is 4.61. The van der Waals surface area contributed by atoms with Crippen LogP contribution < -0.4 is 14.4 Å². The van der Waals surface area contributed by atoms with Crippen LogP contribution in [0.15, 0.2) is 54.7 Å². The monoisotopic (exact) mass is 487 g/mol. The summed E-state index contributed by atoms with van der Waals surface area (Å²) < 4.78 is 48.9. The topological polar surface area (TPSA) is 131 Å². The Labute approximate surface area is 196 Å². The lowest BCUT2D eigenvalue weighted by Crippen LogP contribution is -2.38. The van der Waals surface area contributed by atoms with E-state index >= 15 is 0 Å². The molecule has 0 saturated carbocycles. The van der Waals surface area contributed by atoms with Gasteiger partial charge in [0.15, 0.2) is 6.10 Å². The maximum atomic E-state index is 12.7. The summed E-state index contributed by atoms with van der Waals surface area (Å²) >= 11 is 0. The number of hydrogen-bond donors (Lipinski definition) is 0. The second kappa shape index (κ2) is 10.0. The average molecular weight is 487 g/mol. The molecule has 2 aromatic heterocycles. The highest BCUT2D eigenvalue weighted by Crippen LogP contribution is 2.30. The molecule has 1 aromatic carbocycles. The molecule has 0 radical (unpaired) electrons. The Kier molecular flexibility index (Phi) is 7.14. The molecule has 2 heterocycles. The summed E-state index contributed by atoms with van der Waals surface area (Å²) in [5.41, 5.74) is -1.81. The molecule has 10 nitrogen and oxygen atoms in total. The lowest BCUT2D eigenvalue weighted by molar-refractivity contribution is -0.385. The number of nitriles is 1. The SMILES string of the molecule is CC(Oc1ccc(Oc2ccc(C(F)(F)F)cn2)cc1)C(=O)N(C)c1ccc([N+](=O)[O-])c(C#N)n1. The molecule has 13 heteroatoms. The van der Waals surface area contributed by atoms with Crippen molar-refractivity contribution in [3.63, 3.8) is 0 Å². The predicted octanol–water partition coefficient (Wildman–Crippen LogP) is 4.50. The smallest absolute Gasteiger partial charge is 0.417 e. The quantitative estimate of drug-likeness (QED) is 0.352. The summed E-state index contributed by atoms with van der Waals surface area (Å²) in [5, 5.41) is 20.0. The molecule has 1 amide bonds. The molecule has 0 N–H and O–H groups in total. The van der Waals surface area contributed by atoms with E-state index in [1.54, 1.807) is 6.07 Å². The third-order valence-electron chi connectivity index (χ3n) is 4.61. The molecule has 3 rings (SSSR count). The number of alkyl halides is 3. The Hall–Kier alpha value is -4.73. The van der Waals surface area contributed by atoms with Crippen LogP contribution in [0.1, 0.15) is 18.2 Å². The third kappa shape index (κ3) is 5.99. The summed E-state index contributed by atoms with van der Waals surface area (Å²) in [6, 6.07) is 11.8. The Morgan fingerprint density at radius 1 is 1.14 bits per heavy atom. The number of nitro groups is 1. The van der Waals surface area contributed by atoms with Crippen LogP contribution in [0.5, 0.6) is 17.4 Å². The summed E-state index contributed by atoms with van der Waals surface area (Å²) in [7, 11) is 1.38. The van der Waals surface area contributed by atoms with Gasteiger partial charge in [-0.2, -0.15) is 18.4 Å². The van der Waals surface area contributed by atoms with E-state index in [2.05, 4.69) is 9.97 Å². The zero-order valence-electron chi connectivity index (χ0n) is 18.2. The number of benzene rings is 1. The van der Waals surface area contributed by atoms with Crippen LogP contribution in [0.2, 0.25) is 0 Å². The van der Waals surface area contributed by atoms with Gasteiger partial charge in [0.1, 0.15) is 23.4 Å². The van der Waals surface area contributed by atoms with E-state index in [0.29, 0.717) is 11.9 Å². The molecule has 35 heavy (non-hydrogen) atoms. The molecule has 180 valence electrons. The highest BCUT2D eigenvalue weighted by molar-refractivity contribution is 5.95. The van der Waals surface area contributed by atoms with Crippen molar-refractivity contribution in [1.29, 1.82) is 5.26 Å². The first-order valence-corrected chi connectivity index (χ1v) is 9.80. The van der Waals surface area contributed by atoms with Gasteiger partial charge in [0.25, 0.3) is 5.91 Å². The van der Waals surface area contributed by atoms with Crippen molar-refractivity contribution in [1.82, 2.24) is 9.97 Å². The van der Waals surface area contributed by atoms with Crippen LogP contribution in [-0.2, 0) is 11.0 Å². The lowest BCUT2D eigenvalue weighted by atomic mass is 10.2. The number of hydrogen-bond acceptors (Lipinski definition) is 8. The molecular formula is C22H16F3N5O5. The normalized spacial score (nSPS) is 11.8. The van der Waals surface area contributed by atoms with Crippen molar-refractivity contribution in [3.8, 4) is 23.4 Å². The van der Waals surface area contributed by atoms with E-state index in [4.69, 9.17) is 14.7 Å². The first-order chi connectivity index (χ1) is 16.5. The van der Waals surface area contributed by atoms with Gasteiger partial charge in [0.05, 0.1) is 10.5 Å². The van der Waals surface area contributed by atoms with Gasteiger partial charge < -0.3 is 9.47 Å². The number of amides is 1. The summed E-state index contributed by atoms with van der Waals surface area (Å²) in [4.78, 5) is 31.5. The van der Waals surface area contributed by atoms with E-state index in [-0.39, 0.29) is 17.4 Å². The molecule has 1 atom stereocenters. The Balaban J connectivity index is 1.63. The van der Waals surface area contributed by atoms with Gasteiger partial charge in [-0.3, -0.25) is 19.8 Å². The zero-order valence-corrected chi connectivity index (χ0v) is 18.2. The van der Waals surface area contributed by atoms with E-state index in [1.165, 1.54) is 44.3 Å². The molecule has 0 fully saturated rings. The fourth-order valence-electron chi connectivity index (χ4n) is 2.81. The Bertz CT molecular complexity index is 1270. The average Bonchev–Trinajstić information content (AvgIpc) is 2.83. The molecule has 0 aliphatic heterocycles. The van der Waals surface area contributed by atoms with Gasteiger partial charge in [-0.15, -0.1) is 0 Å². The van der Waals surface area contributed by atoms with Crippen molar-refractivity contribution < 1.29 is 32.4 Å². The van der Waals surface area contributed by atoms with Crippen molar-refractivity contribution in [2.24, 2.45) is 0 Å². The highest BCUT2D eigenvalue weighted by Gasteiger charge is 2.30. The minimum absolute atomic E-state index is 0.0281. The van der Waals surface area contributed by atoms with E-state index in [0.717, 1.165) is 23.1 Å². The van der Waals surface area contributed by atoms with Crippen LogP contribution in [0.3, 0.4) is 0 Å². The maximum Gasteiger partial charge on any atom is 0.417 e. The van der Waals surface area contributed by atoms with Gasteiger partial charge in [-0.25, -0.2) is 9.97 Å². The van der Waals surface area contributed by atoms with Crippen LogP contribution >= 0.6 is 0 Å². The second-order valence-electron chi connectivity index (χ2n) is 7.02. The number of pyridine rings is 2. The predicted molar refractivity (Wildman–Crippen MR) is 115 cm³/mol. The fourth-order valence-corrected chi connectivity index (χ4v) is 2.81. The minimum atomic E-state index is -4.50. The minimum Gasteiger partial charge on any atom is -0.481 e. The summed E-state index contributed by atoms with van der Waals surface area (Å²) in [5.74, 6) is 0.0234. The van der Waals surface area contributed by atoms with Crippen molar-refractivity contribution in [2.45, 2.75) is 19.2 Å².